The molecule has 0 aromatic heterocycles. The topological polar surface area (TPSA) is 38.0 Å². The maximum absolute atomic E-state index is 6.01. The van der Waals surface area contributed by atoms with Crippen LogP contribution in [0.4, 0.5) is 0 Å². The molecule has 0 bridgehead atoms. The lowest BCUT2D eigenvalue weighted by Crippen LogP contribution is -2.48. The van der Waals surface area contributed by atoms with Gasteiger partial charge in [0.1, 0.15) is 0 Å². The Balaban J connectivity index is 1.92. The second kappa shape index (κ2) is 6.21. The molecule has 2 aromatic carbocycles. The highest BCUT2D eigenvalue weighted by atomic mass is 15.0. The number of hydrogen-bond acceptors (Lipinski definition) is 2. The summed E-state index contributed by atoms with van der Waals surface area (Å²) in [6.07, 6.45) is 2.24. The van der Waals surface area contributed by atoms with Crippen LogP contribution in [-0.2, 0) is 0 Å². The molecule has 1 fully saturated rings. The second-order valence-corrected chi connectivity index (χ2v) is 5.65. The number of benzene rings is 2. The Morgan fingerprint density at radius 1 is 0.850 bits per heavy atom. The van der Waals surface area contributed by atoms with E-state index in [2.05, 4.69) is 66.0 Å². The summed E-state index contributed by atoms with van der Waals surface area (Å²) in [4.78, 5) is 0. The van der Waals surface area contributed by atoms with Crippen LogP contribution in [0.5, 0.6) is 0 Å². The highest BCUT2D eigenvalue weighted by Crippen LogP contribution is 2.31. The predicted octanol–water partition coefficient (Wildman–Crippen LogP) is 2.90. The quantitative estimate of drug-likeness (QED) is 0.896. The van der Waals surface area contributed by atoms with E-state index in [0.29, 0.717) is 18.0 Å². The molecule has 0 radical (unpaired) electrons. The molecule has 2 unspecified atom stereocenters. The number of hydrogen-bond donors (Lipinski definition) is 2. The zero-order chi connectivity index (χ0) is 13.8. The first-order chi connectivity index (χ1) is 9.84. The lowest BCUT2D eigenvalue weighted by molar-refractivity contribution is 0.342. The summed E-state index contributed by atoms with van der Waals surface area (Å²) >= 11 is 0. The molecule has 0 amide bonds. The van der Waals surface area contributed by atoms with Crippen molar-refractivity contribution in [2.45, 2.75) is 30.8 Å². The number of nitrogens with one attached hydrogen (secondary N) is 1. The van der Waals surface area contributed by atoms with E-state index >= 15 is 0 Å². The van der Waals surface area contributed by atoms with E-state index in [4.69, 9.17) is 5.73 Å². The minimum absolute atomic E-state index is 0.304. The third-order valence-electron chi connectivity index (χ3n) is 4.21. The van der Waals surface area contributed by atoms with Gasteiger partial charge in [0.05, 0.1) is 0 Å². The first-order valence-corrected chi connectivity index (χ1v) is 7.43. The first-order valence-electron chi connectivity index (χ1n) is 7.43. The van der Waals surface area contributed by atoms with Crippen molar-refractivity contribution in [2.24, 2.45) is 5.73 Å². The Labute approximate surface area is 121 Å². The fourth-order valence-corrected chi connectivity index (χ4v) is 3.16. The van der Waals surface area contributed by atoms with Gasteiger partial charge in [-0.15, -0.1) is 0 Å². The maximum Gasteiger partial charge on any atom is 0.0243 e. The monoisotopic (exact) mass is 266 g/mol. The van der Waals surface area contributed by atoms with Gasteiger partial charge in [0.15, 0.2) is 0 Å². The molecule has 1 heterocycles. The average Bonchev–Trinajstić information content (AvgIpc) is 2.52. The van der Waals surface area contributed by atoms with Crippen LogP contribution >= 0.6 is 0 Å². The molecule has 2 atom stereocenters. The fourth-order valence-electron chi connectivity index (χ4n) is 3.16. The molecule has 104 valence electrons. The van der Waals surface area contributed by atoms with Crippen LogP contribution in [0.1, 0.15) is 29.9 Å². The van der Waals surface area contributed by atoms with Gasteiger partial charge < -0.3 is 11.1 Å². The third kappa shape index (κ3) is 2.92. The molecule has 1 saturated heterocycles. The Morgan fingerprint density at radius 3 is 1.85 bits per heavy atom. The molecule has 2 aromatic rings. The fraction of sp³-hybridized carbons (Fsp3) is 0.333. The van der Waals surface area contributed by atoms with Crippen molar-refractivity contribution in [1.29, 1.82) is 0 Å². The summed E-state index contributed by atoms with van der Waals surface area (Å²) in [5, 5.41) is 3.64. The summed E-state index contributed by atoms with van der Waals surface area (Å²) in [6.45, 7) is 0.917. The van der Waals surface area contributed by atoms with Gasteiger partial charge in [-0.1, -0.05) is 60.7 Å². The average molecular weight is 266 g/mol. The minimum atomic E-state index is 0.304. The van der Waals surface area contributed by atoms with Crippen molar-refractivity contribution in [1.82, 2.24) is 5.32 Å². The zero-order valence-corrected chi connectivity index (χ0v) is 11.7. The number of piperidine rings is 1. The molecular weight excluding hydrogens is 244 g/mol. The van der Waals surface area contributed by atoms with Gasteiger partial charge in [0, 0.05) is 24.5 Å². The first kappa shape index (κ1) is 13.3. The maximum atomic E-state index is 6.01. The van der Waals surface area contributed by atoms with E-state index < -0.39 is 0 Å². The van der Waals surface area contributed by atoms with E-state index in [1.165, 1.54) is 11.1 Å². The summed E-state index contributed by atoms with van der Waals surface area (Å²) in [7, 11) is 0. The molecular formula is C18H22N2. The van der Waals surface area contributed by atoms with Crippen LogP contribution < -0.4 is 11.1 Å². The van der Waals surface area contributed by atoms with Crippen LogP contribution in [-0.4, -0.2) is 18.6 Å². The van der Waals surface area contributed by atoms with Crippen LogP contribution in [0.25, 0.3) is 0 Å². The van der Waals surface area contributed by atoms with Gasteiger partial charge in [-0.3, -0.25) is 0 Å². The molecule has 2 heteroatoms. The van der Waals surface area contributed by atoms with Gasteiger partial charge in [-0.25, -0.2) is 0 Å². The Bertz CT molecular complexity index is 476. The van der Waals surface area contributed by atoms with Crippen LogP contribution in [0.15, 0.2) is 60.7 Å². The molecule has 3 N–H and O–H groups in total. The van der Waals surface area contributed by atoms with Gasteiger partial charge in [-0.2, -0.15) is 0 Å². The summed E-state index contributed by atoms with van der Waals surface area (Å²) in [5.41, 5.74) is 8.77. The predicted molar refractivity (Wildman–Crippen MR) is 83.7 cm³/mol. The van der Waals surface area contributed by atoms with Crippen molar-refractivity contribution < 1.29 is 0 Å². The second-order valence-electron chi connectivity index (χ2n) is 5.65. The molecule has 20 heavy (non-hydrogen) atoms. The molecule has 0 saturated carbocycles. The SMILES string of the molecule is NC1CCC(C(c2ccccc2)c2ccccc2)NC1. The highest BCUT2D eigenvalue weighted by Gasteiger charge is 2.27. The van der Waals surface area contributed by atoms with Crippen molar-refractivity contribution in [3.8, 4) is 0 Å². The normalized spacial score (nSPS) is 22.9. The van der Waals surface area contributed by atoms with Gasteiger partial charge in [-0.05, 0) is 24.0 Å². The molecule has 3 rings (SSSR count). The van der Waals surface area contributed by atoms with E-state index in [1.807, 2.05) is 0 Å². The lowest BCUT2D eigenvalue weighted by atomic mass is 9.81. The van der Waals surface area contributed by atoms with Gasteiger partial charge in [0.2, 0.25) is 0 Å². The molecule has 0 spiro atoms. The standard InChI is InChI=1S/C18H22N2/c19-16-11-12-17(20-13-16)18(14-7-3-1-4-8-14)15-9-5-2-6-10-15/h1-10,16-18,20H,11-13,19H2. The summed E-state index contributed by atoms with van der Waals surface area (Å²) in [5.74, 6) is 0.407. The molecule has 1 aliphatic heterocycles. The van der Waals surface area contributed by atoms with Crippen molar-refractivity contribution >= 4 is 0 Å². The van der Waals surface area contributed by atoms with Crippen LogP contribution in [0, 0.1) is 0 Å². The zero-order valence-electron chi connectivity index (χ0n) is 11.7. The Morgan fingerprint density at radius 2 is 1.40 bits per heavy atom. The smallest absolute Gasteiger partial charge is 0.0243 e. The van der Waals surface area contributed by atoms with Crippen molar-refractivity contribution in [2.75, 3.05) is 6.54 Å². The van der Waals surface area contributed by atoms with Gasteiger partial charge in [0.25, 0.3) is 0 Å². The number of rotatable bonds is 3. The lowest BCUT2D eigenvalue weighted by Gasteiger charge is -2.34. The molecule has 2 nitrogen and oxygen atoms in total. The van der Waals surface area contributed by atoms with Crippen LogP contribution in [0.2, 0.25) is 0 Å². The van der Waals surface area contributed by atoms with Crippen molar-refractivity contribution in [3.63, 3.8) is 0 Å². The minimum Gasteiger partial charge on any atom is -0.327 e. The van der Waals surface area contributed by atoms with E-state index in [-0.39, 0.29) is 0 Å². The van der Waals surface area contributed by atoms with Gasteiger partial charge >= 0.3 is 0 Å². The molecule has 0 aliphatic carbocycles. The number of nitrogens with two attached hydrogens (primary N) is 1. The van der Waals surface area contributed by atoms with E-state index in [1.54, 1.807) is 0 Å². The summed E-state index contributed by atoms with van der Waals surface area (Å²) in [6, 6.07) is 22.4. The highest BCUT2D eigenvalue weighted by molar-refractivity contribution is 5.34. The Kier molecular flexibility index (Phi) is 4.14. The van der Waals surface area contributed by atoms with E-state index in [9.17, 15) is 0 Å². The largest absolute Gasteiger partial charge is 0.327 e. The van der Waals surface area contributed by atoms with Crippen LogP contribution in [0.3, 0.4) is 0 Å². The van der Waals surface area contributed by atoms with Crippen molar-refractivity contribution in [3.05, 3.63) is 71.8 Å². The molecule has 1 aliphatic rings. The van der Waals surface area contributed by atoms with E-state index in [0.717, 1.165) is 19.4 Å². The summed E-state index contributed by atoms with van der Waals surface area (Å²) < 4.78 is 0. The Hall–Kier alpha value is -1.64. The third-order valence-corrected chi connectivity index (χ3v) is 4.21.